The van der Waals surface area contributed by atoms with E-state index < -0.39 is 16.9 Å². The molecule has 0 spiro atoms. The molecule has 4 N–H and O–H groups in total. The third-order valence-electron chi connectivity index (χ3n) is 3.20. The van der Waals surface area contributed by atoms with Crippen molar-refractivity contribution in [2.24, 2.45) is 0 Å². The molecule has 120 valence electrons. The average Bonchev–Trinajstić information content (AvgIpc) is 2.37. The lowest BCUT2D eigenvalue weighted by Gasteiger charge is -2.25. The molecule has 0 radical (unpaired) electrons. The molecule has 7 heteroatoms. The van der Waals surface area contributed by atoms with Crippen LogP contribution in [0, 0.1) is 0 Å². The van der Waals surface area contributed by atoms with Crippen molar-refractivity contribution in [3.63, 3.8) is 0 Å². The van der Waals surface area contributed by atoms with E-state index in [1.54, 1.807) is 0 Å². The monoisotopic (exact) mass is 298 g/mol. The summed E-state index contributed by atoms with van der Waals surface area (Å²) in [5.74, 6) is 0.171. The summed E-state index contributed by atoms with van der Waals surface area (Å²) in [4.78, 5) is 26.0. The zero-order valence-corrected chi connectivity index (χ0v) is 13.3. The number of aromatic amines is 1. The fraction of sp³-hybridized carbons (Fsp3) is 0.714. The summed E-state index contributed by atoms with van der Waals surface area (Å²) in [5.41, 5.74) is 4.78. The van der Waals surface area contributed by atoms with Crippen molar-refractivity contribution in [1.82, 2.24) is 9.55 Å². The second kappa shape index (κ2) is 7.31. The van der Waals surface area contributed by atoms with Gasteiger partial charge in [-0.3, -0.25) is 14.3 Å². The smallest absolute Gasteiger partial charge is 0.330 e. The SMILES string of the molecule is CCCCn1c(N)c(NCC(C)(C)OCC)c(=O)[nH]c1=O. The van der Waals surface area contributed by atoms with Gasteiger partial charge in [0.25, 0.3) is 5.56 Å². The van der Waals surface area contributed by atoms with Crippen LogP contribution in [0.5, 0.6) is 0 Å². The highest BCUT2D eigenvalue weighted by atomic mass is 16.5. The predicted molar refractivity (Wildman–Crippen MR) is 84.8 cm³/mol. The first kappa shape index (κ1) is 17.3. The first-order chi connectivity index (χ1) is 9.82. The summed E-state index contributed by atoms with van der Waals surface area (Å²) in [7, 11) is 0. The Morgan fingerprint density at radius 3 is 2.57 bits per heavy atom. The number of rotatable bonds is 8. The Balaban J connectivity index is 3.02. The number of nitrogens with two attached hydrogens (primary N) is 1. The lowest BCUT2D eigenvalue weighted by atomic mass is 10.1. The van der Waals surface area contributed by atoms with Crippen LogP contribution < -0.4 is 22.3 Å². The van der Waals surface area contributed by atoms with Crippen LogP contribution in [0.2, 0.25) is 0 Å². The zero-order valence-electron chi connectivity index (χ0n) is 13.3. The van der Waals surface area contributed by atoms with E-state index in [4.69, 9.17) is 10.5 Å². The number of nitrogens with zero attached hydrogens (tertiary/aromatic N) is 1. The number of nitrogens with one attached hydrogen (secondary N) is 2. The third-order valence-corrected chi connectivity index (χ3v) is 3.20. The Bertz CT molecular complexity index is 575. The molecule has 0 saturated heterocycles. The Kier molecular flexibility index (Phi) is 6.02. The molecule has 7 nitrogen and oxygen atoms in total. The lowest BCUT2D eigenvalue weighted by molar-refractivity contribution is 0.000687. The van der Waals surface area contributed by atoms with Crippen LogP contribution in [0.25, 0.3) is 0 Å². The maximum Gasteiger partial charge on any atom is 0.330 e. The molecule has 0 aliphatic carbocycles. The summed E-state index contributed by atoms with van der Waals surface area (Å²) in [6.07, 6.45) is 1.76. The number of H-pyrrole nitrogens is 1. The van der Waals surface area contributed by atoms with Crippen molar-refractivity contribution >= 4 is 11.5 Å². The van der Waals surface area contributed by atoms with Gasteiger partial charge in [-0.05, 0) is 27.2 Å². The minimum Gasteiger partial charge on any atom is -0.383 e. The van der Waals surface area contributed by atoms with E-state index in [0.717, 1.165) is 12.8 Å². The first-order valence-corrected chi connectivity index (χ1v) is 7.32. The molecule has 0 aliphatic heterocycles. The van der Waals surface area contributed by atoms with Gasteiger partial charge in [-0.2, -0.15) is 0 Å². The van der Waals surface area contributed by atoms with Crippen LogP contribution in [0.3, 0.4) is 0 Å². The van der Waals surface area contributed by atoms with Gasteiger partial charge < -0.3 is 15.8 Å². The molecule has 1 rings (SSSR count). The van der Waals surface area contributed by atoms with Gasteiger partial charge in [0, 0.05) is 19.7 Å². The van der Waals surface area contributed by atoms with Crippen molar-refractivity contribution in [1.29, 1.82) is 0 Å². The predicted octanol–water partition coefficient (Wildman–Crippen LogP) is 1.15. The summed E-state index contributed by atoms with van der Waals surface area (Å²) >= 11 is 0. The van der Waals surface area contributed by atoms with Crippen LogP contribution in [0.4, 0.5) is 11.5 Å². The Labute approximate surface area is 124 Å². The van der Waals surface area contributed by atoms with E-state index in [9.17, 15) is 9.59 Å². The minimum absolute atomic E-state index is 0.171. The van der Waals surface area contributed by atoms with Crippen molar-refractivity contribution in [3.05, 3.63) is 20.8 Å². The van der Waals surface area contributed by atoms with E-state index >= 15 is 0 Å². The molecule has 0 saturated carbocycles. The lowest BCUT2D eigenvalue weighted by Crippen LogP contribution is -2.38. The fourth-order valence-corrected chi connectivity index (χ4v) is 2.04. The highest BCUT2D eigenvalue weighted by Crippen LogP contribution is 2.14. The number of anilines is 2. The Morgan fingerprint density at radius 1 is 1.33 bits per heavy atom. The Morgan fingerprint density at radius 2 is 2.00 bits per heavy atom. The molecule has 0 unspecified atom stereocenters. The molecule has 1 aromatic rings. The van der Waals surface area contributed by atoms with Crippen LogP contribution in [0.1, 0.15) is 40.5 Å². The van der Waals surface area contributed by atoms with Crippen molar-refractivity contribution in [2.45, 2.75) is 52.7 Å². The highest BCUT2D eigenvalue weighted by molar-refractivity contribution is 5.60. The van der Waals surface area contributed by atoms with Gasteiger partial charge in [0.05, 0.1) is 5.60 Å². The van der Waals surface area contributed by atoms with Gasteiger partial charge in [-0.15, -0.1) is 0 Å². The van der Waals surface area contributed by atoms with Gasteiger partial charge in [-0.1, -0.05) is 13.3 Å². The summed E-state index contributed by atoms with van der Waals surface area (Å²) < 4.78 is 6.96. The third kappa shape index (κ3) is 4.63. The van der Waals surface area contributed by atoms with Crippen molar-refractivity contribution in [3.8, 4) is 0 Å². The molecular weight excluding hydrogens is 272 g/mol. The molecule has 0 bridgehead atoms. The number of unbranched alkanes of at least 4 members (excludes halogenated alkanes) is 1. The molecule has 0 atom stereocenters. The van der Waals surface area contributed by atoms with Gasteiger partial charge in [-0.25, -0.2) is 4.79 Å². The van der Waals surface area contributed by atoms with E-state index in [1.807, 2.05) is 27.7 Å². The van der Waals surface area contributed by atoms with Crippen LogP contribution >= 0.6 is 0 Å². The van der Waals surface area contributed by atoms with E-state index in [2.05, 4.69) is 10.3 Å². The summed E-state index contributed by atoms with van der Waals surface area (Å²) in [6, 6.07) is 0. The number of hydrogen-bond acceptors (Lipinski definition) is 5. The van der Waals surface area contributed by atoms with E-state index in [-0.39, 0.29) is 11.5 Å². The average molecular weight is 298 g/mol. The highest BCUT2D eigenvalue weighted by Gasteiger charge is 2.19. The molecule has 0 aliphatic rings. The van der Waals surface area contributed by atoms with Crippen LogP contribution in [0.15, 0.2) is 9.59 Å². The maximum absolute atomic E-state index is 11.9. The largest absolute Gasteiger partial charge is 0.383 e. The summed E-state index contributed by atoms with van der Waals surface area (Å²) in [6.45, 7) is 9.25. The second-order valence-corrected chi connectivity index (χ2v) is 5.57. The quantitative estimate of drug-likeness (QED) is 0.668. The molecule has 0 fully saturated rings. The topological polar surface area (TPSA) is 102 Å². The molecule has 0 amide bonds. The van der Waals surface area contributed by atoms with Gasteiger partial charge in [0.2, 0.25) is 0 Å². The van der Waals surface area contributed by atoms with Crippen molar-refractivity contribution < 1.29 is 4.74 Å². The zero-order chi connectivity index (χ0) is 16.0. The Hall–Kier alpha value is -1.76. The van der Waals surface area contributed by atoms with Gasteiger partial charge >= 0.3 is 5.69 Å². The fourth-order valence-electron chi connectivity index (χ4n) is 2.04. The molecular formula is C14H26N4O3. The molecule has 1 heterocycles. The van der Waals surface area contributed by atoms with Crippen LogP contribution in [-0.4, -0.2) is 28.3 Å². The second-order valence-electron chi connectivity index (χ2n) is 5.57. The van der Waals surface area contributed by atoms with Crippen LogP contribution in [-0.2, 0) is 11.3 Å². The minimum atomic E-state index is -0.502. The van der Waals surface area contributed by atoms with E-state index in [1.165, 1.54) is 4.57 Å². The first-order valence-electron chi connectivity index (χ1n) is 7.32. The van der Waals surface area contributed by atoms with Crippen molar-refractivity contribution in [2.75, 3.05) is 24.2 Å². The van der Waals surface area contributed by atoms with E-state index in [0.29, 0.717) is 19.7 Å². The molecule has 21 heavy (non-hydrogen) atoms. The standard InChI is InChI=1S/C14H26N4O3/c1-5-7-8-18-11(15)10(12(19)17-13(18)20)16-9-14(3,4)21-6-2/h16H,5-9,15H2,1-4H3,(H,17,19,20). The van der Waals surface area contributed by atoms with Gasteiger partial charge in [0.1, 0.15) is 11.5 Å². The number of ether oxygens (including phenoxy) is 1. The normalized spacial score (nSPS) is 11.6. The summed E-state index contributed by atoms with van der Waals surface area (Å²) in [5, 5.41) is 3.00. The molecule has 1 aromatic heterocycles. The maximum atomic E-state index is 11.9. The number of nitrogen functional groups attached to an aromatic ring is 1. The van der Waals surface area contributed by atoms with Gasteiger partial charge in [0.15, 0.2) is 0 Å². The molecule has 0 aromatic carbocycles. The number of aromatic nitrogens is 2. The number of hydrogen-bond donors (Lipinski definition) is 3.